The molecule has 0 aliphatic rings. The lowest BCUT2D eigenvalue weighted by molar-refractivity contribution is 0.0955. The molecule has 0 spiro atoms. The Hall–Kier alpha value is -1.11. The molecular weight excluding hydrogens is 278 g/mol. The summed E-state index contributed by atoms with van der Waals surface area (Å²) in [5, 5.41) is 7.03. The Morgan fingerprint density at radius 2 is 2.12 bits per heavy atom. The summed E-state index contributed by atoms with van der Waals surface area (Å²) in [4.78, 5) is 12.5. The van der Waals surface area contributed by atoms with Crippen molar-refractivity contribution in [1.82, 2.24) is 14.9 Å². The fourth-order valence-corrected chi connectivity index (χ4v) is 2.91. The van der Waals surface area contributed by atoms with Crippen LogP contribution in [-0.2, 0) is 0 Å². The molecule has 2 rings (SSSR count). The summed E-state index contributed by atoms with van der Waals surface area (Å²) in [5.74, 6) is -0.227. The van der Waals surface area contributed by atoms with Gasteiger partial charge in [-0.15, -0.1) is 5.10 Å². The average molecular weight is 286 g/mol. The standard InChI is InChI=1S/C10H8ClN3OS2/c1-12-9(15)8-10(17-14-13-8)16-7-4-2-6(11)3-5-7/h2-5H,1H3,(H,12,15). The van der Waals surface area contributed by atoms with Gasteiger partial charge < -0.3 is 5.32 Å². The predicted octanol–water partition coefficient (Wildman–Crippen LogP) is 2.70. The number of carbonyl (C=O) groups excluding carboxylic acids is 1. The van der Waals surface area contributed by atoms with Crippen molar-refractivity contribution in [2.45, 2.75) is 9.10 Å². The average Bonchev–Trinajstić information content (AvgIpc) is 2.79. The molecule has 0 aliphatic carbocycles. The number of hydrogen-bond donors (Lipinski definition) is 1. The maximum absolute atomic E-state index is 11.5. The molecule has 88 valence electrons. The van der Waals surface area contributed by atoms with E-state index in [4.69, 9.17) is 11.6 Å². The summed E-state index contributed by atoms with van der Waals surface area (Å²) in [6.07, 6.45) is 0. The maximum atomic E-state index is 11.5. The van der Waals surface area contributed by atoms with Crippen LogP contribution in [0, 0.1) is 0 Å². The highest BCUT2D eigenvalue weighted by Gasteiger charge is 2.15. The number of aromatic nitrogens is 2. The SMILES string of the molecule is CNC(=O)c1nnsc1Sc1ccc(Cl)cc1. The largest absolute Gasteiger partial charge is 0.354 e. The third-order valence-electron chi connectivity index (χ3n) is 1.92. The van der Waals surface area contributed by atoms with Gasteiger partial charge in [0.25, 0.3) is 5.91 Å². The summed E-state index contributed by atoms with van der Waals surface area (Å²) in [5.41, 5.74) is 0.359. The first kappa shape index (κ1) is 12.3. The van der Waals surface area contributed by atoms with Crippen molar-refractivity contribution >= 4 is 40.8 Å². The third kappa shape index (κ3) is 2.96. The second-order valence-electron chi connectivity index (χ2n) is 3.04. The van der Waals surface area contributed by atoms with Crippen molar-refractivity contribution in [3.63, 3.8) is 0 Å². The number of benzene rings is 1. The van der Waals surface area contributed by atoms with Crippen LogP contribution in [0.25, 0.3) is 0 Å². The van der Waals surface area contributed by atoms with E-state index in [1.165, 1.54) is 23.3 Å². The zero-order valence-corrected chi connectivity index (χ0v) is 11.2. The van der Waals surface area contributed by atoms with E-state index < -0.39 is 0 Å². The van der Waals surface area contributed by atoms with Gasteiger partial charge in [-0.25, -0.2) is 0 Å². The van der Waals surface area contributed by atoms with Gasteiger partial charge >= 0.3 is 0 Å². The number of halogens is 1. The van der Waals surface area contributed by atoms with Gasteiger partial charge in [-0.1, -0.05) is 27.9 Å². The fraction of sp³-hybridized carbons (Fsp3) is 0.100. The lowest BCUT2D eigenvalue weighted by Crippen LogP contribution is -2.18. The minimum Gasteiger partial charge on any atom is -0.354 e. The molecule has 2 aromatic rings. The van der Waals surface area contributed by atoms with Crippen LogP contribution in [0.2, 0.25) is 5.02 Å². The molecule has 17 heavy (non-hydrogen) atoms. The van der Waals surface area contributed by atoms with Crippen LogP contribution in [0.5, 0.6) is 0 Å². The summed E-state index contributed by atoms with van der Waals surface area (Å²) < 4.78 is 4.56. The van der Waals surface area contributed by atoms with Gasteiger partial charge in [0, 0.05) is 17.0 Å². The molecule has 1 heterocycles. The Bertz CT molecular complexity index is 527. The van der Waals surface area contributed by atoms with E-state index in [0.717, 1.165) is 9.10 Å². The van der Waals surface area contributed by atoms with E-state index in [9.17, 15) is 4.79 Å². The molecule has 0 radical (unpaired) electrons. The molecule has 4 nitrogen and oxygen atoms in total. The van der Waals surface area contributed by atoms with Crippen molar-refractivity contribution in [3.8, 4) is 0 Å². The Balaban J connectivity index is 2.21. The molecule has 7 heteroatoms. The molecule has 0 unspecified atom stereocenters. The molecule has 0 bridgehead atoms. The molecular formula is C10H8ClN3OS2. The van der Waals surface area contributed by atoms with E-state index >= 15 is 0 Å². The van der Waals surface area contributed by atoms with Gasteiger partial charge in [-0.2, -0.15) is 0 Å². The van der Waals surface area contributed by atoms with Crippen LogP contribution in [0.3, 0.4) is 0 Å². The van der Waals surface area contributed by atoms with E-state index in [1.807, 2.05) is 12.1 Å². The number of rotatable bonds is 3. The Kier molecular flexibility index (Phi) is 3.98. The highest BCUT2D eigenvalue weighted by molar-refractivity contribution is 8.01. The predicted molar refractivity (Wildman–Crippen MR) is 68.9 cm³/mol. The molecule has 0 aliphatic heterocycles. The number of carbonyl (C=O) groups is 1. The van der Waals surface area contributed by atoms with E-state index in [0.29, 0.717) is 10.7 Å². The van der Waals surface area contributed by atoms with Crippen molar-refractivity contribution in [1.29, 1.82) is 0 Å². The zero-order valence-electron chi connectivity index (χ0n) is 8.81. The highest BCUT2D eigenvalue weighted by atomic mass is 35.5. The minimum absolute atomic E-state index is 0.227. The summed E-state index contributed by atoms with van der Waals surface area (Å²) in [6, 6.07) is 7.39. The van der Waals surface area contributed by atoms with Crippen molar-refractivity contribution in [2.75, 3.05) is 7.05 Å². The summed E-state index contributed by atoms with van der Waals surface area (Å²) in [7, 11) is 1.57. The number of hydrogen-bond acceptors (Lipinski definition) is 5. The summed E-state index contributed by atoms with van der Waals surface area (Å²) >= 11 is 8.45. The normalized spacial score (nSPS) is 10.2. The van der Waals surface area contributed by atoms with Crippen LogP contribution in [0.1, 0.15) is 10.5 Å². The number of nitrogens with zero attached hydrogens (tertiary/aromatic N) is 2. The van der Waals surface area contributed by atoms with Gasteiger partial charge in [-0.3, -0.25) is 4.79 Å². The first-order chi connectivity index (χ1) is 8.20. The molecule has 0 saturated carbocycles. The molecule has 1 N–H and O–H groups in total. The van der Waals surface area contributed by atoms with E-state index in [-0.39, 0.29) is 5.91 Å². The topological polar surface area (TPSA) is 54.9 Å². The van der Waals surface area contributed by atoms with Gasteiger partial charge in [-0.05, 0) is 35.8 Å². The van der Waals surface area contributed by atoms with Gasteiger partial charge in [0.1, 0.15) is 4.21 Å². The van der Waals surface area contributed by atoms with Crippen molar-refractivity contribution in [2.24, 2.45) is 0 Å². The second-order valence-corrected chi connectivity index (χ2v) is 5.58. The molecule has 0 saturated heterocycles. The van der Waals surface area contributed by atoms with Crippen molar-refractivity contribution < 1.29 is 4.79 Å². The monoisotopic (exact) mass is 285 g/mol. The van der Waals surface area contributed by atoms with Crippen LogP contribution in [-0.4, -0.2) is 22.5 Å². The van der Waals surface area contributed by atoms with Crippen molar-refractivity contribution in [3.05, 3.63) is 35.0 Å². The van der Waals surface area contributed by atoms with E-state index in [2.05, 4.69) is 14.9 Å². The highest BCUT2D eigenvalue weighted by Crippen LogP contribution is 2.32. The first-order valence-electron chi connectivity index (χ1n) is 4.68. The third-order valence-corrected chi connectivity index (χ3v) is 4.06. The lowest BCUT2D eigenvalue weighted by atomic mass is 10.4. The number of nitrogens with one attached hydrogen (secondary N) is 1. The van der Waals surface area contributed by atoms with Crippen LogP contribution >= 0.6 is 34.9 Å². The molecule has 0 fully saturated rings. The maximum Gasteiger partial charge on any atom is 0.273 e. The Morgan fingerprint density at radius 3 is 2.76 bits per heavy atom. The van der Waals surface area contributed by atoms with Crippen LogP contribution < -0.4 is 5.32 Å². The zero-order chi connectivity index (χ0) is 12.3. The fourth-order valence-electron chi connectivity index (χ4n) is 1.12. The lowest BCUT2D eigenvalue weighted by Gasteiger charge is -2.00. The molecule has 1 aromatic heterocycles. The Morgan fingerprint density at radius 1 is 1.41 bits per heavy atom. The Labute approximate surface area is 112 Å². The number of amides is 1. The minimum atomic E-state index is -0.227. The van der Waals surface area contributed by atoms with Gasteiger partial charge in [0.05, 0.1) is 0 Å². The van der Waals surface area contributed by atoms with Crippen LogP contribution in [0.4, 0.5) is 0 Å². The second kappa shape index (κ2) is 5.48. The van der Waals surface area contributed by atoms with Crippen LogP contribution in [0.15, 0.2) is 33.4 Å². The molecule has 1 amide bonds. The quantitative estimate of drug-likeness (QED) is 0.942. The van der Waals surface area contributed by atoms with Gasteiger partial charge in [0.2, 0.25) is 0 Å². The van der Waals surface area contributed by atoms with E-state index in [1.54, 1.807) is 19.2 Å². The van der Waals surface area contributed by atoms with Gasteiger partial charge in [0.15, 0.2) is 5.69 Å². The molecule has 0 atom stereocenters. The summed E-state index contributed by atoms with van der Waals surface area (Å²) in [6.45, 7) is 0. The smallest absolute Gasteiger partial charge is 0.273 e. The molecule has 1 aromatic carbocycles. The first-order valence-corrected chi connectivity index (χ1v) is 6.65.